The van der Waals surface area contributed by atoms with E-state index in [1.54, 1.807) is 0 Å². The second-order valence-electron chi connectivity index (χ2n) is 5.05. The van der Waals surface area contributed by atoms with Crippen molar-refractivity contribution in [3.05, 3.63) is 0 Å². The third-order valence-corrected chi connectivity index (χ3v) is 1.21. The second kappa shape index (κ2) is 4.94. The molecule has 80 valence electrons. The molecule has 0 radical (unpaired) electrons. The first-order valence-electron chi connectivity index (χ1n) is 4.69. The van der Waals surface area contributed by atoms with E-state index in [4.69, 9.17) is 9.47 Å². The Hall–Kier alpha value is -0.120. The highest BCUT2D eigenvalue weighted by atomic mass is 16.5. The van der Waals surface area contributed by atoms with Crippen molar-refractivity contribution >= 4 is 0 Å². The monoisotopic (exact) mass is 189 g/mol. The van der Waals surface area contributed by atoms with Crippen molar-refractivity contribution < 1.29 is 9.47 Å². The normalized spacial score (nSPS) is 13.4. The highest BCUT2D eigenvalue weighted by Gasteiger charge is 2.11. The molecule has 3 heteroatoms. The summed E-state index contributed by atoms with van der Waals surface area (Å²) in [5.41, 5.74) is -0.177. The molecule has 1 N–H and O–H groups in total. The quantitative estimate of drug-likeness (QED) is 0.543. The molecule has 0 aromatic rings. The van der Waals surface area contributed by atoms with E-state index in [9.17, 15) is 0 Å². The van der Waals surface area contributed by atoms with Crippen LogP contribution in [-0.2, 0) is 9.47 Å². The van der Waals surface area contributed by atoms with Gasteiger partial charge in [-0.3, -0.25) is 5.32 Å². The number of rotatable bonds is 4. The first-order chi connectivity index (χ1) is 5.71. The van der Waals surface area contributed by atoms with Crippen molar-refractivity contribution in [2.75, 3.05) is 13.5 Å². The zero-order chi connectivity index (χ0) is 10.5. The maximum atomic E-state index is 5.45. The highest BCUT2D eigenvalue weighted by molar-refractivity contribution is 4.59. The van der Waals surface area contributed by atoms with Crippen LogP contribution < -0.4 is 5.32 Å². The molecule has 0 heterocycles. The predicted octanol–water partition coefficient (Wildman–Crippen LogP) is 2.12. The summed E-state index contributed by atoms with van der Waals surface area (Å²) in [5, 5.41) is 3.05. The van der Waals surface area contributed by atoms with Gasteiger partial charge in [0, 0.05) is 0 Å². The zero-order valence-electron chi connectivity index (χ0n) is 9.73. The van der Waals surface area contributed by atoms with Gasteiger partial charge in [0.1, 0.15) is 0 Å². The van der Waals surface area contributed by atoms with Gasteiger partial charge in [0.15, 0.2) is 0 Å². The molecular formula is C10H23NO2. The van der Waals surface area contributed by atoms with Crippen LogP contribution in [0.3, 0.4) is 0 Å². The maximum Gasteiger partial charge on any atom is 0.0989 e. The van der Waals surface area contributed by atoms with Crippen LogP contribution in [-0.4, -0.2) is 24.7 Å². The number of nitrogens with one attached hydrogen (secondary N) is 1. The maximum absolute atomic E-state index is 5.45. The van der Waals surface area contributed by atoms with Crippen molar-refractivity contribution in [2.24, 2.45) is 0 Å². The van der Waals surface area contributed by atoms with E-state index < -0.39 is 0 Å². The van der Waals surface area contributed by atoms with Gasteiger partial charge in [-0.1, -0.05) is 0 Å². The lowest BCUT2D eigenvalue weighted by Gasteiger charge is -2.22. The summed E-state index contributed by atoms with van der Waals surface area (Å²) in [4.78, 5) is 0. The van der Waals surface area contributed by atoms with Gasteiger partial charge < -0.3 is 9.47 Å². The molecule has 0 amide bonds. The highest BCUT2D eigenvalue weighted by Crippen LogP contribution is 2.06. The lowest BCUT2D eigenvalue weighted by Crippen LogP contribution is -2.32. The average molecular weight is 189 g/mol. The van der Waals surface area contributed by atoms with Gasteiger partial charge in [-0.05, 0) is 41.5 Å². The SMILES string of the molecule is CC(C)(C)OCNCOC(C)(C)C. The lowest BCUT2D eigenvalue weighted by molar-refractivity contribution is -0.0551. The minimum absolute atomic E-state index is 0.0886. The van der Waals surface area contributed by atoms with E-state index in [0.717, 1.165) is 0 Å². The third-order valence-electron chi connectivity index (χ3n) is 1.21. The Kier molecular flexibility index (Phi) is 4.89. The Morgan fingerprint density at radius 2 is 1.08 bits per heavy atom. The van der Waals surface area contributed by atoms with Crippen molar-refractivity contribution in [1.82, 2.24) is 5.32 Å². The molecule has 0 aliphatic heterocycles. The molecule has 0 aliphatic rings. The summed E-state index contributed by atoms with van der Waals surface area (Å²) < 4.78 is 10.9. The van der Waals surface area contributed by atoms with Gasteiger partial charge in [0.2, 0.25) is 0 Å². The molecule has 0 spiro atoms. The summed E-state index contributed by atoms with van der Waals surface area (Å²) in [6.07, 6.45) is 0. The van der Waals surface area contributed by atoms with Crippen molar-refractivity contribution in [2.45, 2.75) is 52.7 Å². The van der Waals surface area contributed by atoms with E-state index in [1.165, 1.54) is 0 Å². The summed E-state index contributed by atoms with van der Waals surface area (Å²) in [6.45, 7) is 13.2. The Bertz CT molecular complexity index is 117. The molecule has 0 saturated heterocycles. The van der Waals surface area contributed by atoms with Crippen LogP contribution in [0.25, 0.3) is 0 Å². The molecule has 0 bridgehead atoms. The Labute approximate surface area is 81.8 Å². The van der Waals surface area contributed by atoms with E-state index >= 15 is 0 Å². The molecule has 0 saturated carbocycles. The van der Waals surface area contributed by atoms with Crippen LogP contribution in [0, 0.1) is 0 Å². The summed E-state index contributed by atoms with van der Waals surface area (Å²) in [7, 11) is 0. The van der Waals surface area contributed by atoms with Gasteiger partial charge in [0.25, 0.3) is 0 Å². The van der Waals surface area contributed by atoms with Gasteiger partial charge in [-0.25, -0.2) is 0 Å². The van der Waals surface area contributed by atoms with E-state index in [2.05, 4.69) is 5.32 Å². The molecule has 0 aliphatic carbocycles. The first-order valence-corrected chi connectivity index (χ1v) is 4.69. The van der Waals surface area contributed by atoms with Gasteiger partial charge >= 0.3 is 0 Å². The van der Waals surface area contributed by atoms with Crippen LogP contribution in [0.2, 0.25) is 0 Å². The fraction of sp³-hybridized carbons (Fsp3) is 1.00. The lowest BCUT2D eigenvalue weighted by atomic mass is 10.2. The standard InChI is InChI=1S/C10H23NO2/c1-9(2,3)12-7-11-8-13-10(4,5)6/h11H,7-8H2,1-6H3. The molecule has 0 rings (SSSR count). The fourth-order valence-corrected chi connectivity index (χ4v) is 0.577. The molecule has 0 aromatic heterocycles. The van der Waals surface area contributed by atoms with Gasteiger partial charge in [-0.15, -0.1) is 0 Å². The average Bonchev–Trinajstić information content (AvgIpc) is 1.81. The van der Waals surface area contributed by atoms with Crippen LogP contribution in [0.5, 0.6) is 0 Å². The fourth-order valence-electron chi connectivity index (χ4n) is 0.577. The Morgan fingerprint density at radius 1 is 0.769 bits per heavy atom. The molecule has 0 atom stereocenters. The Balaban J connectivity index is 3.28. The van der Waals surface area contributed by atoms with Crippen molar-refractivity contribution in [3.63, 3.8) is 0 Å². The minimum atomic E-state index is -0.0886. The molecule has 0 fully saturated rings. The van der Waals surface area contributed by atoms with Crippen molar-refractivity contribution in [3.8, 4) is 0 Å². The van der Waals surface area contributed by atoms with Crippen LogP contribution >= 0.6 is 0 Å². The smallest absolute Gasteiger partial charge is 0.0989 e. The largest absolute Gasteiger partial charge is 0.361 e. The predicted molar refractivity (Wildman–Crippen MR) is 54.5 cm³/mol. The summed E-state index contributed by atoms with van der Waals surface area (Å²) in [6, 6.07) is 0. The molecule has 13 heavy (non-hydrogen) atoms. The topological polar surface area (TPSA) is 30.5 Å². The molecule has 0 unspecified atom stereocenters. The molecular weight excluding hydrogens is 166 g/mol. The van der Waals surface area contributed by atoms with Gasteiger partial charge in [0.05, 0.1) is 24.7 Å². The van der Waals surface area contributed by atoms with E-state index in [-0.39, 0.29) is 11.2 Å². The number of ether oxygens (including phenoxy) is 2. The van der Waals surface area contributed by atoms with Crippen LogP contribution in [0.15, 0.2) is 0 Å². The summed E-state index contributed by atoms with van der Waals surface area (Å²) in [5.74, 6) is 0. The van der Waals surface area contributed by atoms with Gasteiger partial charge in [-0.2, -0.15) is 0 Å². The van der Waals surface area contributed by atoms with Crippen LogP contribution in [0.4, 0.5) is 0 Å². The number of hydrogen-bond donors (Lipinski definition) is 1. The summed E-state index contributed by atoms with van der Waals surface area (Å²) >= 11 is 0. The third kappa shape index (κ3) is 11.9. The zero-order valence-corrected chi connectivity index (χ0v) is 9.73. The van der Waals surface area contributed by atoms with E-state index in [0.29, 0.717) is 13.5 Å². The minimum Gasteiger partial charge on any atom is -0.361 e. The molecule has 0 aromatic carbocycles. The Morgan fingerprint density at radius 3 is 1.31 bits per heavy atom. The second-order valence-corrected chi connectivity index (χ2v) is 5.05. The van der Waals surface area contributed by atoms with E-state index in [1.807, 2.05) is 41.5 Å². The van der Waals surface area contributed by atoms with Crippen LogP contribution in [0.1, 0.15) is 41.5 Å². The first kappa shape index (κ1) is 12.9. The number of hydrogen-bond acceptors (Lipinski definition) is 3. The van der Waals surface area contributed by atoms with Crippen molar-refractivity contribution in [1.29, 1.82) is 0 Å². The molecule has 3 nitrogen and oxygen atoms in total.